The van der Waals surface area contributed by atoms with Gasteiger partial charge in [0.2, 0.25) is 0 Å². The highest BCUT2D eigenvalue weighted by Gasteiger charge is 2.20. The Morgan fingerprint density at radius 1 is 1.18 bits per heavy atom. The quantitative estimate of drug-likeness (QED) is 0.413. The average Bonchev–Trinajstić information content (AvgIpc) is 3.18. The second kappa shape index (κ2) is 10.5. The van der Waals surface area contributed by atoms with Crippen molar-refractivity contribution in [1.82, 2.24) is 9.78 Å². The summed E-state index contributed by atoms with van der Waals surface area (Å²) in [6, 6.07) is 18.1. The van der Waals surface area contributed by atoms with Crippen LogP contribution in [0.2, 0.25) is 0 Å². The minimum absolute atomic E-state index is 0.105. The van der Waals surface area contributed by atoms with Gasteiger partial charge in [-0.3, -0.25) is 0 Å². The third-order valence-electron chi connectivity index (χ3n) is 4.56. The summed E-state index contributed by atoms with van der Waals surface area (Å²) < 4.78 is 17.1. The molecule has 0 aliphatic heterocycles. The summed E-state index contributed by atoms with van der Waals surface area (Å²) in [5, 5.41) is 23.8. The average molecular weight is 443 g/mol. The zero-order valence-electron chi connectivity index (χ0n) is 18.1. The maximum atomic E-state index is 11.5. The first-order chi connectivity index (χ1) is 16.0. The Kier molecular flexibility index (Phi) is 7.30. The van der Waals surface area contributed by atoms with Crippen molar-refractivity contribution in [3.8, 4) is 29.3 Å². The van der Waals surface area contributed by atoms with Crippen LogP contribution >= 0.6 is 0 Å². The van der Waals surface area contributed by atoms with Gasteiger partial charge in [0.05, 0.1) is 25.0 Å². The molecule has 1 aromatic heterocycles. The fourth-order valence-electron chi connectivity index (χ4n) is 3.05. The molecule has 2 aromatic carbocycles. The molecule has 3 aromatic rings. The van der Waals surface area contributed by atoms with Crippen molar-refractivity contribution in [2.45, 2.75) is 6.92 Å². The lowest BCUT2D eigenvalue weighted by Gasteiger charge is -2.11. The van der Waals surface area contributed by atoms with E-state index in [1.54, 1.807) is 43.3 Å². The van der Waals surface area contributed by atoms with Gasteiger partial charge < -0.3 is 19.9 Å². The molecule has 0 saturated heterocycles. The van der Waals surface area contributed by atoms with Crippen LogP contribution in [-0.4, -0.2) is 36.1 Å². The molecule has 0 radical (unpaired) electrons. The zero-order valence-corrected chi connectivity index (χ0v) is 18.1. The molecule has 2 N–H and O–H groups in total. The van der Waals surface area contributed by atoms with Crippen molar-refractivity contribution in [1.29, 1.82) is 10.5 Å². The van der Waals surface area contributed by atoms with Crippen molar-refractivity contribution in [2.75, 3.05) is 26.1 Å². The van der Waals surface area contributed by atoms with E-state index < -0.39 is 5.97 Å². The summed E-state index contributed by atoms with van der Waals surface area (Å²) in [6.07, 6.45) is 1.57. The number of nitrogens with zero attached hydrogens (tertiary/aromatic N) is 4. The van der Waals surface area contributed by atoms with Gasteiger partial charge in [-0.2, -0.15) is 15.6 Å². The van der Waals surface area contributed by atoms with Gasteiger partial charge in [-0.1, -0.05) is 24.3 Å². The molecule has 9 heteroatoms. The number of nitrogens with two attached hydrogens (primary N) is 1. The first kappa shape index (κ1) is 22.9. The number of ether oxygens (including phenoxy) is 3. The SMILES string of the molecule is CCOC(=O)COc1ccc(C=C(C#N)c2nn(-c3ccccc3)c(N)c2C#N)cc1OC. The summed E-state index contributed by atoms with van der Waals surface area (Å²) in [5.41, 5.74) is 7.83. The van der Waals surface area contributed by atoms with E-state index in [0.29, 0.717) is 22.7 Å². The summed E-state index contributed by atoms with van der Waals surface area (Å²) >= 11 is 0. The molecule has 1 heterocycles. The maximum absolute atomic E-state index is 11.5. The molecule has 33 heavy (non-hydrogen) atoms. The summed E-state index contributed by atoms with van der Waals surface area (Å²) in [5.74, 6) is 0.350. The van der Waals surface area contributed by atoms with E-state index in [2.05, 4.69) is 11.2 Å². The van der Waals surface area contributed by atoms with E-state index >= 15 is 0 Å². The summed E-state index contributed by atoms with van der Waals surface area (Å²) in [7, 11) is 1.46. The largest absolute Gasteiger partial charge is 0.493 e. The van der Waals surface area contributed by atoms with Gasteiger partial charge in [-0.15, -0.1) is 0 Å². The summed E-state index contributed by atoms with van der Waals surface area (Å²) in [6.45, 7) is 1.71. The molecule has 0 aliphatic carbocycles. The number of para-hydroxylation sites is 1. The molecule has 0 bridgehead atoms. The molecule has 0 unspecified atom stereocenters. The number of carbonyl (C=O) groups is 1. The van der Waals surface area contributed by atoms with E-state index in [0.717, 1.165) is 0 Å². The van der Waals surface area contributed by atoms with E-state index in [-0.39, 0.29) is 35.9 Å². The monoisotopic (exact) mass is 443 g/mol. The zero-order chi connectivity index (χ0) is 23.8. The van der Waals surface area contributed by atoms with Gasteiger partial charge in [0.15, 0.2) is 18.1 Å². The lowest BCUT2D eigenvalue weighted by molar-refractivity contribution is -0.145. The molecule has 0 saturated carbocycles. The number of anilines is 1. The Morgan fingerprint density at radius 3 is 2.58 bits per heavy atom. The third-order valence-corrected chi connectivity index (χ3v) is 4.56. The van der Waals surface area contributed by atoms with Crippen LogP contribution in [0, 0.1) is 22.7 Å². The third kappa shape index (κ3) is 5.12. The highest BCUT2D eigenvalue weighted by molar-refractivity contribution is 5.91. The Balaban J connectivity index is 1.96. The van der Waals surface area contributed by atoms with Crippen LogP contribution in [-0.2, 0) is 9.53 Å². The molecule has 3 rings (SSSR count). The van der Waals surface area contributed by atoms with Gasteiger partial charge >= 0.3 is 5.97 Å². The van der Waals surface area contributed by atoms with Crippen molar-refractivity contribution in [2.24, 2.45) is 0 Å². The van der Waals surface area contributed by atoms with Crippen LogP contribution in [0.4, 0.5) is 5.82 Å². The van der Waals surface area contributed by atoms with Gasteiger partial charge in [0.1, 0.15) is 29.2 Å². The van der Waals surface area contributed by atoms with Crippen LogP contribution in [0.1, 0.15) is 23.7 Å². The number of nitriles is 2. The van der Waals surface area contributed by atoms with Crippen LogP contribution in [0.5, 0.6) is 11.5 Å². The number of aromatic nitrogens is 2. The van der Waals surface area contributed by atoms with Crippen molar-refractivity contribution in [3.63, 3.8) is 0 Å². The molecular weight excluding hydrogens is 422 g/mol. The van der Waals surface area contributed by atoms with Crippen molar-refractivity contribution in [3.05, 3.63) is 65.4 Å². The summed E-state index contributed by atoms with van der Waals surface area (Å²) in [4.78, 5) is 11.5. The number of rotatable bonds is 8. The Hall–Kier alpha value is -4.76. The molecule has 0 amide bonds. The van der Waals surface area contributed by atoms with E-state index in [1.807, 2.05) is 24.3 Å². The maximum Gasteiger partial charge on any atom is 0.344 e. The Bertz CT molecular complexity index is 1270. The van der Waals surface area contributed by atoms with E-state index in [1.165, 1.54) is 11.8 Å². The molecular formula is C24H21N5O4. The Labute approximate surface area is 190 Å². The number of nitrogen functional groups attached to an aromatic ring is 1. The molecule has 9 nitrogen and oxygen atoms in total. The van der Waals surface area contributed by atoms with Crippen LogP contribution in [0.3, 0.4) is 0 Å². The van der Waals surface area contributed by atoms with Gasteiger partial charge in [0, 0.05) is 0 Å². The number of carbonyl (C=O) groups excluding carboxylic acids is 1. The lowest BCUT2D eigenvalue weighted by atomic mass is 10.1. The lowest BCUT2D eigenvalue weighted by Crippen LogP contribution is -2.14. The number of hydrogen-bond donors (Lipinski definition) is 1. The van der Waals surface area contributed by atoms with Crippen LogP contribution in [0.25, 0.3) is 17.3 Å². The molecule has 166 valence electrons. The fraction of sp³-hybridized carbons (Fsp3) is 0.167. The molecule has 0 atom stereocenters. The van der Waals surface area contributed by atoms with Crippen molar-refractivity contribution < 1.29 is 19.0 Å². The van der Waals surface area contributed by atoms with Crippen molar-refractivity contribution >= 4 is 23.4 Å². The molecule has 0 aliphatic rings. The first-order valence-electron chi connectivity index (χ1n) is 9.95. The van der Waals surface area contributed by atoms with Gasteiger partial charge in [-0.05, 0) is 42.8 Å². The standard InChI is InChI=1S/C24H21N5O4/c1-3-32-22(30)15-33-20-10-9-16(12-21(20)31-2)11-17(13-25)23-19(14-26)24(27)29(28-23)18-7-5-4-6-8-18/h4-12H,3,15,27H2,1-2H3. The number of allylic oxidation sites excluding steroid dienone is 1. The van der Waals surface area contributed by atoms with Crippen LogP contribution in [0.15, 0.2) is 48.5 Å². The number of hydrogen-bond acceptors (Lipinski definition) is 8. The smallest absolute Gasteiger partial charge is 0.344 e. The van der Waals surface area contributed by atoms with E-state index in [9.17, 15) is 15.3 Å². The molecule has 0 fully saturated rings. The number of benzene rings is 2. The molecule has 0 spiro atoms. The normalized spacial score (nSPS) is 10.7. The van der Waals surface area contributed by atoms with Gasteiger partial charge in [-0.25, -0.2) is 9.48 Å². The second-order valence-electron chi connectivity index (χ2n) is 6.64. The van der Waals surface area contributed by atoms with E-state index in [4.69, 9.17) is 19.9 Å². The Morgan fingerprint density at radius 2 is 1.94 bits per heavy atom. The highest BCUT2D eigenvalue weighted by atomic mass is 16.6. The minimum Gasteiger partial charge on any atom is -0.493 e. The second-order valence-corrected chi connectivity index (χ2v) is 6.64. The predicted molar refractivity (Wildman–Crippen MR) is 121 cm³/mol. The fourth-order valence-corrected chi connectivity index (χ4v) is 3.05. The number of esters is 1. The van der Waals surface area contributed by atoms with Crippen LogP contribution < -0.4 is 15.2 Å². The highest BCUT2D eigenvalue weighted by Crippen LogP contribution is 2.31. The first-order valence-corrected chi connectivity index (χ1v) is 9.95. The number of methoxy groups -OCH3 is 1. The van der Waals surface area contributed by atoms with Gasteiger partial charge in [0.25, 0.3) is 0 Å². The minimum atomic E-state index is -0.495. The predicted octanol–water partition coefficient (Wildman–Crippen LogP) is 3.34. The topological polar surface area (TPSA) is 136 Å².